The van der Waals surface area contributed by atoms with Gasteiger partial charge >= 0.3 is 0 Å². The summed E-state index contributed by atoms with van der Waals surface area (Å²) in [5, 5.41) is 2.66. The summed E-state index contributed by atoms with van der Waals surface area (Å²) in [7, 11) is -3.60. The molecule has 7 heteroatoms. The average molecular weight is 366 g/mol. The Hall–Kier alpha value is -1.73. The lowest BCUT2D eigenvalue weighted by molar-refractivity contribution is -0.131. The molecule has 2 rings (SSSR count). The number of nitrogens with one attached hydrogen (secondary N) is 1. The van der Waals surface area contributed by atoms with Crippen molar-refractivity contribution in [1.29, 1.82) is 0 Å². The van der Waals surface area contributed by atoms with Gasteiger partial charge in [-0.25, -0.2) is 8.42 Å². The molecule has 1 atom stereocenters. The van der Waals surface area contributed by atoms with Gasteiger partial charge in [-0.05, 0) is 25.0 Å². The van der Waals surface area contributed by atoms with Gasteiger partial charge in [0.2, 0.25) is 15.9 Å². The number of nitrogens with zero attached hydrogens (tertiary/aromatic N) is 1. The highest BCUT2D eigenvalue weighted by atomic mass is 32.2. The third-order valence-corrected chi connectivity index (χ3v) is 6.27. The van der Waals surface area contributed by atoms with Crippen molar-refractivity contribution in [3.05, 3.63) is 30.3 Å². The topological polar surface area (TPSA) is 83.6 Å². The molecule has 0 aliphatic carbocycles. The van der Waals surface area contributed by atoms with Crippen LogP contribution in [0.5, 0.6) is 0 Å². The molecule has 1 heterocycles. The number of rotatable bonds is 5. The van der Waals surface area contributed by atoms with E-state index in [1.165, 1.54) is 4.31 Å². The number of amides is 1. The number of sulfonamides is 1. The summed E-state index contributed by atoms with van der Waals surface area (Å²) in [6, 6.07) is 8.23. The van der Waals surface area contributed by atoms with E-state index < -0.39 is 21.4 Å². The van der Waals surface area contributed by atoms with Crippen molar-refractivity contribution in [1.82, 2.24) is 9.62 Å². The zero-order valence-electron chi connectivity index (χ0n) is 15.0. The predicted molar refractivity (Wildman–Crippen MR) is 95.4 cm³/mol. The van der Waals surface area contributed by atoms with E-state index in [9.17, 15) is 18.0 Å². The van der Waals surface area contributed by atoms with Crippen LogP contribution < -0.4 is 5.32 Å². The van der Waals surface area contributed by atoms with Gasteiger partial charge in [0.05, 0.1) is 17.4 Å². The van der Waals surface area contributed by atoms with Crippen molar-refractivity contribution >= 4 is 21.7 Å². The summed E-state index contributed by atoms with van der Waals surface area (Å²) in [6.07, 6.45) is 1.24. The lowest BCUT2D eigenvalue weighted by Crippen LogP contribution is -2.46. The van der Waals surface area contributed by atoms with E-state index >= 15 is 0 Å². The summed E-state index contributed by atoms with van der Waals surface area (Å²) < 4.78 is 26.7. The van der Waals surface area contributed by atoms with E-state index in [1.54, 1.807) is 51.1 Å². The molecule has 1 aromatic carbocycles. The Morgan fingerprint density at radius 2 is 1.84 bits per heavy atom. The standard InChI is InChI=1S/C18H26N2O4S/c1-18(2,3)16(21)12-19-17(22)14-8-7-11-20(13-14)25(23,24)15-9-5-4-6-10-15/h4-6,9-10,14H,7-8,11-13H2,1-3H3,(H,19,22). The van der Waals surface area contributed by atoms with Crippen LogP contribution in [0.2, 0.25) is 0 Å². The van der Waals surface area contributed by atoms with Gasteiger partial charge in [0.25, 0.3) is 0 Å². The molecule has 1 amide bonds. The number of piperidine rings is 1. The van der Waals surface area contributed by atoms with Crippen molar-refractivity contribution in [2.24, 2.45) is 11.3 Å². The third-order valence-electron chi connectivity index (χ3n) is 4.40. The maximum atomic E-state index is 12.7. The van der Waals surface area contributed by atoms with Crippen molar-refractivity contribution in [2.45, 2.75) is 38.5 Å². The summed E-state index contributed by atoms with van der Waals surface area (Å²) in [5.74, 6) is -0.740. The molecule has 1 saturated heterocycles. The Labute approximate surface area is 149 Å². The molecule has 1 N–H and O–H groups in total. The molecule has 1 fully saturated rings. The second kappa shape index (κ2) is 7.66. The second-order valence-corrected chi connectivity index (χ2v) is 9.34. The zero-order chi connectivity index (χ0) is 18.7. The Balaban J connectivity index is 2.01. The maximum Gasteiger partial charge on any atom is 0.243 e. The molecular formula is C18H26N2O4S. The van der Waals surface area contributed by atoms with Gasteiger partial charge in [-0.3, -0.25) is 9.59 Å². The first-order chi connectivity index (χ1) is 11.6. The van der Waals surface area contributed by atoms with Crippen LogP contribution >= 0.6 is 0 Å². The summed E-state index contributed by atoms with van der Waals surface area (Å²) in [5.41, 5.74) is -0.511. The molecule has 1 aliphatic rings. The van der Waals surface area contributed by atoms with Crippen LogP contribution in [0.3, 0.4) is 0 Å². The minimum Gasteiger partial charge on any atom is -0.349 e. The van der Waals surface area contributed by atoms with Crippen molar-refractivity contribution in [3.8, 4) is 0 Å². The normalized spacial score (nSPS) is 19.4. The van der Waals surface area contributed by atoms with Crippen molar-refractivity contribution in [2.75, 3.05) is 19.6 Å². The largest absolute Gasteiger partial charge is 0.349 e. The van der Waals surface area contributed by atoms with Gasteiger partial charge in [-0.2, -0.15) is 4.31 Å². The molecule has 1 aromatic rings. The Kier molecular flexibility index (Phi) is 6.00. The quantitative estimate of drug-likeness (QED) is 0.861. The Morgan fingerprint density at radius 1 is 1.20 bits per heavy atom. The highest BCUT2D eigenvalue weighted by Gasteiger charge is 2.33. The van der Waals surface area contributed by atoms with E-state index in [4.69, 9.17) is 0 Å². The lowest BCUT2D eigenvalue weighted by Gasteiger charge is -2.31. The fraction of sp³-hybridized carbons (Fsp3) is 0.556. The zero-order valence-corrected chi connectivity index (χ0v) is 15.8. The first kappa shape index (κ1) is 19.6. The monoisotopic (exact) mass is 366 g/mol. The number of benzene rings is 1. The summed E-state index contributed by atoms with van der Waals surface area (Å²) in [4.78, 5) is 24.5. The molecule has 0 aromatic heterocycles. The fourth-order valence-electron chi connectivity index (χ4n) is 2.69. The Bertz CT molecular complexity index is 723. The first-order valence-corrected chi connectivity index (χ1v) is 9.92. The van der Waals surface area contributed by atoms with Crippen LogP contribution in [0.25, 0.3) is 0 Å². The molecule has 0 spiro atoms. The lowest BCUT2D eigenvalue weighted by atomic mass is 9.90. The van der Waals surface area contributed by atoms with E-state index in [0.717, 1.165) is 0 Å². The van der Waals surface area contributed by atoms with E-state index in [2.05, 4.69) is 5.32 Å². The Morgan fingerprint density at radius 3 is 2.44 bits per heavy atom. The molecule has 0 saturated carbocycles. The van der Waals surface area contributed by atoms with Crippen LogP contribution in [0, 0.1) is 11.3 Å². The van der Waals surface area contributed by atoms with Gasteiger partial charge in [0.15, 0.2) is 5.78 Å². The van der Waals surface area contributed by atoms with Gasteiger partial charge in [0, 0.05) is 18.5 Å². The second-order valence-electron chi connectivity index (χ2n) is 7.41. The number of Topliss-reactive ketones (excluding diaryl/α,β-unsaturated/α-hetero) is 1. The molecule has 1 aliphatic heterocycles. The van der Waals surface area contributed by atoms with Crippen LogP contribution in [-0.4, -0.2) is 44.0 Å². The molecule has 0 radical (unpaired) electrons. The first-order valence-electron chi connectivity index (χ1n) is 8.48. The van der Waals surface area contributed by atoms with Crippen LogP contribution in [-0.2, 0) is 19.6 Å². The van der Waals surface area contributed by atoms with Gasteiger partial charge < -0.3 is 5.32 Å². The molecule has 6 nitrogen and oxygen atoms in total. The van der Waals surface area contributed by atoms with E-state index in [1.807, 2.05) is 0 Å². The molecule has 0 bridgehead atoms. The minimum atomic E-state index is -3.60. The van der Waals surface area contributed by atoms with Crippen LogP contribution in [0.15, 0.2) is 35.2 Å². The number of ketones is 1. The van der Waals surface area contributed by atoms with Crippen molar-refractivity contribution in [3.63, 3.8) is 0 Å². The summed E-state index contributed by atoms with van der Waals surface area (Å²) >= 11 is 0. The average Bonchev–Trinajstić information content (AvgIpc) is 2.59. The fourth-order valence-corrected chi connectivity index (χ4v) is 4.24. The van der Waals surface area contributed by atoms with Gasteiger partial charge in [-0.1, -0.05) is 39.0 Å². The molecule has 138 valence electrons. The van der Waals surface area contributed by atoms with Crippen LogP contribution in [0.1, 0.15) is 33.6 Å². The summed E-state index contributed by atoms with van der Waals surface area (Å²) in [6.45, 7) is 5.93. The number of hydrogen-bond donors (Lipinski definition) is 1. The van der Waals surface area contributed by atoms with E-state index in [0.29, 0.717) is 19.4 Å². The number of carbonyl (C=O) groups excluding carboxylic acids is 2. The number of hydrogen-bond acceptors (Lipinski definition) is 4. The SMILES string of the molecule is CC(C)(C)C(=O)CNC(=O)C1CCCN(S(=O)(=O)c2ccccc2)C1. The van der Waals surface area contributed by atoms with E-state index in [-0.39, 0.29) is 29.7 Å². The highest BCUT2D eigenvalue weighted by molar-refractivity contribution is 7.89. The third kappa shape index (κ3) is 4.89. The van der Waals surface area contributed by atoms with Gasteiger partial charge in [-0.15, -0.1) is 0 Å². The molecule has 1 unspecified atom stereocenters. The number of carbonyl (C=O) groups is 2. The predicted octanol–water partition coefficient (Wildman–Crippen LogP) is 1.82. The molecular weight excluding hydrogens is 340 g/mol. The maximum absolute atomic E-state index is 12.7. The minimum absolute atomic E-state index is 0.0235. The van der Waals surface area contributed by atoms with Gasteiger partial charge in [0.1, 0.15) is 0 Å². The smallest absolute Gasteiger partial charge is 0.243 e. The van der Waals surface area contributed by atoms with Crippen molar-refractivity contribution < 1.29 is 18.0 Å². The highest BCUT2D eigenvalue weighted by Crippen LogP contribution is 2.24. The molecule has 25 heavy (non-hydrogen) atoms. The van der Waals surface area contributed by atoms with Crippen LogP contribution in [0.4, 0.5) is 0 Å².